The molecule has 1 heterocycles. The lowest BCUT2D eigenvalue weighted by Crippen LogP contribution is -2.41. The first kappa shape index (κ1) is 14.8. The van der Waals surface area contributed by atoms with Gasteiger partial charge in [-0.05, 0) is 13.3 Å². The number of nitrogens with one attached hydrogen (secondary N) is 1. The SMILES string of the molecule is CCCCC(C)N1CCNCC(C(F)(F)F)C1. The Morgan fingerprint density at radius 1 is 1.41 bits per heavy atom. The van der Waals surface area contributed by atoms with Gasteiger partial charge in [0.25, 0.3) is 0 Å². The molecule has 0 aromatic rings. The summed E-state index contributed by atoms with van der Waals surface area (Å²) < 4.78 is 38.2. The van der Waals surface area contributed by atoms with Crippen molar-refractivity contribution in [2.75, 3.05) is 26.2 Å². The minimum Gasteiger partial charge on any atom is -0.315 e. The van der Waals surface area contributed by atoms with Crippen molar-refractivity contribution in [2.24, 2.45) is 5.92 Å². The van der Waals surface area contributed by atoms with Crippen molar-refractivity contribution in [3.05, 3.63) is 0 Å². The number of hydrogen-bond acceptors (Lipinski definition) is 2. The van der Waals surface area contributed by atoms with E-state index in [-0.39, 0.29) is 19.1 Å². The molecule has 0 radical (unpaired) electrons. The highest BCUT2D eigenvalue weighted by Crippen LogP contribution is 2.28. The molecule has 0 aliphatic carbocycles. The van der Waals surface area contributed by atoms with E-state index in [0.717, 1.165) is 25.8 Å². The van der Waals surface area contributed by atoms with Gasteiger partial charge < -0.3 is 5.32 Å². The number of rotatable bonds is 4. The van der Waals surface area contributed by atoms with E-state index in [0.29, 0.717) is 6.54 Å². The van der Waals surface area contributed by atoms with Gasteiger partial charge in [-0.25, -0.2) is 0 Å². The fraction of sp³-hybridized carbons (Fsp3) is 1.00. The first-order chi connectivity index (χ1) is 7.95. The fourth-order valence-electron chi connectivity index (χ4n) is 2.24. The third-order valence-corrected chi connectivity index (χ3v) is 3.48. The van der Waals surface area contributed by atoms with Gasteiger partial charge in [-0.15, -0.1) is 0 Å². The van der Waals surface area contributed by atoms with Gasteiger partial charge in [-0.1, -0.05) is 19.8 Å². The molecule has 0 bridgehead atoms. The van der Waals surface area contributed by atoms with E-state index >= 15 is 0 Å². The highest BCUT2D eigenvalue weighted by atomic mass is 19.4. The van der Waals surface area contributed by atoms with Gasteiger partial charge in [0.1, 0.15) is 0 Å². The van der Waals surface area contributed by atoms with E-state index in [2.05, 4.69) is 12.2 Å². The molecule has 2 unspecified atom stereocenters. The minimum absolute atomic E-state index is 0.0560. The summed E-state index contributed by atoms with van der Waals surface area (Å²) in [6.45, 7) is 5.71. The van der Waals surface area contributed by atoms with Crippen LogP contribution in [0.2, 0.25) is 0 Å². The summed E-state index contributed by atoms with van der Waals surface area (Å²) in [6, 6.07) is 0.250. The van der Waals surface area contributed by atoms with E-state index in [1.165, 1.54) is 0 Å². The topological polar surface area (TPSA) is 15.3 Å². The molecule has 0 aromatic heterocycles. The first-order valence-corrected chi connectivity index (χ1v) is 6.46. The Labute approximate surface area is 102 Å². The van der Waals surface area contributed by atoms with Crippen LogP contribution in [0, 0.1) is 5.92 Å². The Morgan fingerprint density at radius 3 is 2.71 bits per heavy atom. The van der Waals surface area contributed by atoms with Gasteiger partial charge in [0.2, 0.25) is 0 Å². The highest BCUT2D eigenvalue weighted by molar-refractivity contribution is 4.81. The lowest BCUT2D eigenvalue weighted by molar-refractivity contribution is -0.176. The summed E-state index contributed by atoms with van der Waals surface area (Å²) in [5.41, 5.74) is 0. The molecule has 0 amide bonds. The van der Waals surface area contributed by atoms with Crippen molar-refractivity contribution in [3.63, 3.8) is 0 Å². The van der Waals surface area contributed by atoms with Crippen LogP contribution in [0.1, 0.15) is 33.1 Å². The predicted octanol–water partition coefficient (Wildman–Crippen LogP) is 2.65. The number of nitrogens with zero attached hydrogens (tertiary/aromatic N) is 1. The Balaban J connectivity index is 2.53. The van der Waals surface area contributed by atoms with E-state index in [4.69, 9.17) is 0 Å². The molecule has 0 aromatic carbocycles. The second kappa shape index (κ2) is 6.59. The molecular formula is C12H23F3N2. The molecule has 1 aliphatic rings. The van der Waals surface area contributed by atoms with E-state index in [1.54, 1.807) is 0 Å². The largest absolute Gasteiger partial charge is 0.394 e. The minimum atomic E-state index is -4.08. The molecule has 5 heteroatoms. The highest BCUT2D eigenvalue weighted by Gasteiger charge is 2.41. The van der Waals surface area contributed by atoms with Gasteiger partial charge >= 0.3 is 6.18 Å². The van der Waals surface area contributed by atoms with Gasteiger partial charge in [-0.3, -0.25) is 4.90 Å². The normalized spacial score (nSPS) is 25.6. The van der Waals surface area contributed by atoms with Crippen LogP contribution in [0.3, 0.4) is 0 Å². The Bertz CT molecular complexity index is 218. The number of alkyl halides is 3. The third-order valence-electron chi connectivity index (χ3n) is 3.48. The first-order valence-electron chi connectivity index (χ1n) is 6.46. The summed E-state index contributed by atoms with van der Waals surface area (Å²) in [7, 11) is 0. The van der Waals surface area contributed by atoms with E-state index in [9.17, 15) is 13.2 Å². The Morgan fingerprint density at radius 2 is 2.12 bits per heavy atom. The van der Waals surface area contributed by atoms with Crippen molar-refractivity contribution in [1.82, 2.24) is 10.2 Å². The fourth-order valence-corrected chi connectivity index (χ4v) is 2.24. The number of unbranched alkanes of at least 4 members (excludes halogenated alkanes) is 1. The summed E-state index contributed by atoms with van der Waals surface area (Å²) >= 11 is 0. The zero-order valence-electron chi connectivity index (χ0n) is 10.7. The van der Waals surface area contributed by atoms with Gasteiger partial charge in [0.05, 0.1) is 5.92 Å². The summed E-state index contributed by atoms with van der Waals surface area (Å²) in [5, 5.41) is 2.88. The van der Waals surface area contributed by atoms with Crippen LogP contribution in [-0.2, 0) is 0 Å². The zero-order chi connectivity index (χ0) is 12.9. The average Bonchev–Trinajstić information content (AvgIpc) is 2.50. The van der Waals surface area contributed by atoms with Crippen molar-refractivity contribution in [3.8, 4) is 0 Å². The van der Waals surface area contributed by atoms with E-state index in [1.807, 2.05) is 11.8 Å². The molecule has 1 aliphatic heterocycles. The smallest absolute Gasteiger partial charge is 0.315 e. The van der Waals surface area contributed by atoms with Gasteiger partial charge in [0, 0.05) is 32.2 Å². The lowest BCUT2D eigenvalue weighted by atomic mass is 10.1. The van der Waals surface area contributed by atoms with Crippen LogP contribution in [0.15, 0.2) is 0 Å². The Kier molecular flexibility index (Phi) is 5.73. The van der Waals surface area contributed by atoms with Crippen molar-refractivity contribution >= 4 is 0 Å². The van der Waals surface area contributed by atoms with Crippen LogP contribution in [0.5, 0.6) is 0 Å². The Hall–Kier alpha value is -0.290. The molecule has 102 valence electrons. The molecule has 1 saturated heterocycles. The van der Waals surface area contributed by atoms with Crippen LogP contribution in [0.4, 0.5) is 13.2 Å². The molecular weight excluding hydrogens is 229 g/mol. The summed E-state index contributed by atoms with van der Waals surface area (Å²) in [4.78, 5) is 1.98. The summed E-state index contributed by atoms with van der Waals surface area (Å²) in [6.07, 6.45) is -0.915. The molecule has 1 N–H and O–H groups in total. The van der Waals surface area contributed by atoms with Crippen LogP contribution in [-0.4, -0.2) is 43.3 Å². The summed E-state index contributed by atoms with van der Waals surface area (Å²) in [5.74, 6) is -1.23. The second-order valence-electron chi connectivity index (χ2n) is 4.93. The molecule has 0 saturated carbocycles. The van der Waals surface area contributed by atoms with Crippen LogP contribution >= 0.6 is 0 Å². The maximum Gasteiger partial charge on any atom is 0.394 e. The van der Waals surface area contributed by atoms with Gasteiger partial charge in [-0.2, -0.15) is 13.2 Å². The lowest BCUT2D eigenvalue weighted by Gasteiger charge is -2.30. The zero-order valence-corrected chi connectivity index (χ0v) is 10.7. The third kappa shape index (κ3) is 4.84. The number of halogens is 3. The van der Waals surface area contributed by atoms with Crippen molar-refractivity contribution < 1.29 is 13.2 Å². The standard InChI is InChI=1S/C12H23F3N2/c1-3-4-5-10(2)17-7-6-16-8-11(9-17)12(13,14)15/h10-11,16H,3-9H2,1-2H3. The molecule has 0 spiro atoms. The molecule has 2 nitrogen and oxygen atoms in total. The maximum atomic E-state index is 12.7. The molecule has 1 rings (SSSR count). The van der Waals surface area contributed by atoms with E-state index < -0.39 is 12.1 Å². The van der Waals surface area contributed by atoms with Crippen molar-refractivity contribution in [2.45, 2.75) is 45.3 Å². The second-order valence-corrected chi connectivity index (χ2v) is 4.93. The van der Waals surface area contributed by atoms with Crippen LogP contribution < -0.4 is 5.32 Å². The number of hydrogen-bond donors (Lipinski definition) is 1. The average molecular weight is 252 g/mol. The maximum absolute atomic E-state index is 12.7. The quantitative estimate of drug-likeness (QED) is 0.827. The van der Waals surface area contributed by atoms with Crippen molar-refractivity contribution in [1.29, 1.82) is 0 Å². The molecule has 17 heavy (non-hydrogen) atoms. The van der Waals surface area contributed by atoms with Gasteiger partial charge in [0.15, 0.2) is 0 Å². The monoisotopic (exact) mass is 252 g/mol. The van der Waals surface area contributed by atoms with Crippen LogP contribution in [0.25, 0.3) is 0 Å². The molecule has 1 fully saturated rings. The molecule has 2 atom stereocenters. The predicted molar refractivity (Wildman–Crippen MR) is 63.0 cm³/mol.